The van der Waals surface area contributed by atoms with Gasteiger partial charge >= 0.3 is 0 Å². The number of aryl methyl sites for hydroxylation is 2. The zero-order valence-corrected chi connectivity index (χ0v) is 13.3. The molecule has 0 spiro atoms. The Kier molecular flexibility index (Phi) is 5.87. The summed E-state index contributed by atoms with van der Waals surface area (Å²) in [6.45, 7) is 4.88. The fraction of sp³-hybridized carbons (Fsp3) is 0.438. The van der Waals surface area contributed by atoms with Crippen LogP contribution in [0.5, 0.6) is 0 Å². The Labute approximate surface area is 129 Å². The van der Waals surface area contributed by atoms with Crippen molar-refractivity contribution in [1.82, 2.24) is 15.3 Å². The van der Waals surface area contributed by atoms with Crippen molar-refractivity contribution >= 4 is 17.2 Å². The Hall–Kier alpha value is -1.75. The minimum absolute atomic E-state index is 0.0466. The highest BCUT2D eigenvalue weighted by atomic mass is 32.1. The van der Waals surface area contributed by atoms with Crippen LogP contribution >= 0.6 is 11.3 Å². The third-order valence-corrected chi connectivity index (χ3v) is 3.93. The molecule has 0 saturated carbocycles. The highest BCUT2D eigenvalue weighted by Crippen LogP contribution is 2.13. The zero-order chi connectivity index (χ0) is 15.1. The van der Waals surface area contributed by atoms with Gasteiger partial charge in [-0.05, 0) is 24.5 Å². The molecular weight excluding hydrogens is 282 g/mol. The van der Waals surface area contributed by atoms with Gasteiger partial charge in [0.25, 0.3) is 0 Å². The Balaban J connectivity index is 1.80. The minimum atomic E-state index is 0.0466. The maximum atomic E-state index is 11.7. The molecule has 0 bridgehead atoms. The molecule has 5 heteroatoms. The number of carbonyl (C=O) groups is 1. The number of rotatable bonds is 7. The topological polar surface area (TPSA) is 54.9 Å². The second-order valence-electron chi connectivity index (χ2n) is 5.43. The molecule has 0 saturated heterocycles. The monoisotopic (exact) mass is 303 g/mol. The summed E-state index contributed by atoms with van der Waals surface area (Å²) in [6, 6.07) is 5.93. The molecular formula is C16H21N3OS. The van der Waals surface area contributed by atoms with Crippen LogP contribution in [0.4, 0.5) is 0 Å². The lowest BCUT2D eigenvalue weighted by atomic mass is 10.2. The third kappa shape index (κ3) is 5.63. The van der Waals surface area contributed by atoms with Gasteiger partial charge in [-0.25, -0.2) is 4.98 Å². The fourth-order valence-corrected chi connectivity index (χ4v) is 2.67. The Bertz CT molecular complexity index is 566. The average Bonchev–Trinajstić information content (AvgIpc) is 2.91. The summed E-state index contributed by atoms with van der Waals surface area (Å²) in [4.78, 5) is 20.6. The number of pyridine rings is 1. The highest BCUT2D eigenvalue weighted by molar-refractivity contribution is 7.09. The molecule has 2 aromatic heterocycles. The van der Waals surface area contributed by atoms with E-state index in [1.807, 2.05) is 29.8 Å². The number of amides is 1. The van der Waals surface area contributed by atoms with Crippen molar-refractivity contribution in [2.45, 2.75) is 33.1 Å². The highest BCUT2D eigenvalue weighted by Gasteiger charge is 2.08. The molecule has 0 atom stereocenters. The van der Waals surface area contributed by atoms with Crippen molar-refractivity contribution < 1.29 is 4.79 Å². The zero-order valence-electron chi connectivity index (χ0n) is 12.5. The first-order valence-corrected chi connectivity index (χ1v) is 8.11. The van der Waals surface area contributed by atoms with E-state index in [1.165, 1.54) is 0 Å². The van der Waals surface area contributed by atoms with E-state index >= 15 is 0 Å². The summed E-state index contributed by atoms with van der Waals surface area (Å²) < 4.78 is 0. The van der Waals surface area contributed by atoms with Crippen LogP contribution in [-0.4, -0.2) is 22.4 Å². The first-order valence-electron chi connectivity index (χ1n) is 7.23. The molecule has 0 aliphatic carbocycles. The molecule has 1 amide bonds. The van der Waals surface area contributed by atoms with Crippen LogP contribution in [0.3, 0.4) is 0 Å². The summed E-state index contributed by atoms with van der Waals surface area (Å²) in [7, 11) is 0. The lowest BCUT2D eigenvalue weighted by Crippen LogP contribution is -2.28. The lowest BCUT2D eigenvalue weighted by Gasteiger charge is -2.06. The van der Waals surface area contributed by atoms with Crippen LogP contribution in [0.1, 0.15) is 30.2 Å². The summed E-state index contributed by atoms with van der Waals surface area (Å²) in [5, 5.41) is 5.95. The van der Waals surface area contributed by atoms with Gasteiger partial charge in [0.15, 0.2) is 0 Å². The molecule has 0 aliphatic rings. The maximum Gasteiger partial charge on any atom is 0.226 e. The molecule has 112 valence electrons. The first kappa shape index (κ1) is 15.6. The van der Waals surface area contributed by atoms with E-state index in [2.05, 4.69) is 29.1 Å². The summed E-state index contributed by atoms with van der Waals surface area (Å²) in [5.41, 5.74) is 1.93. The van der Waals surface area contributed by atoms with Crippen LogP contribution in [0, 0.1) is 5.92 Å². The van der Waals surface area contributed by atoms with E-state index in [1.54, 1.807) is 11.3 Å². The van der Waals surface area contributed by atoms with E-state index in [0.717, 1.165) is 35.8 Å². The van der Waals surface area contributed by atoms with E-state index in [4.69, 9.17) is 0 Å². The maximum absolute atomic E-state index is 11.7. The van der Waals surface area contributed by atoms with Crippen molar-refractivity contribution in [2.75, 3.05) is 6.54 Å². The summed E-state index contributed by atoms with van der Waals surface area (Å²) in [6.07, 6.45) is 3.93. The number of aromatic nitrogens is 2. The number of nitrogens with zero attached hydrogens (tertiary/aromatic N) is 2. The third-order valence-electron chi connectivity index (χ3n) is 2.97. The van der Waals surface area contributed by atoms with Crippen LogP contribution in [0.25, 0.3) is 0 Å². The molecule has 1 N–H and O–H groups in total. The van der Waals surface area contributed by atoms with Crippen LogP contribution in [0.15, 0.2) is 29.8 Å². The number of hydrogen-bond donors (Lipinski definition) is 1. The average molecular weight is 303 g/mol. The summed E-state index contributed by atoms with van der Waals surface area (Å²) in [5.74, 6) is 0.517. The predicted octanol–water partition coefficient (Wildman–Crippen LogP) is 2.64. The van der Waals surface area contributed by atoms with E-state index < -0.39 is 0 Å². The van der Waals surface area contributed by atoms with E-state index in [-0.39, 0.29) is 5.91 Å². The number of thiazole rings is 1. The van der Waals surface area contributed by atoms with E-state index in [0.29, 0.717) is 12.3 Å². The fourth-order valence-electron chi connectivity index (χ4n) is 1.87. The quantitative estimate of drug-likeness (QED) is 0.855. The number of carbonyl (C=O) groups excluding carboxylic acids is 1. The normalized spacial score (nSPS) is 10.8. The van der Waals surface area contributed by atoms with Crippen LogP contribution in [-0.2, 0) is 24.1 Å². The molecule has 2 rings (SSSR count). The Morgan fingerprint density at radius 2 is 2.14 bits per heavy atom. The second kappa shape index (κ2) is 7.88. The van der Waals surface area contributed by atoms with Gasteiger partial charge in [-0.15, -0.1) is 11.3 Å². The molecule has 0 unspecified atom stereocenters. The number of hydrogen-bond acceptors (Lipinski definition) is 4. The SMILES string of the molecule is CC(C)CNC(=O)Cc1csc(CCc2ccccn2)n1. The van der Waals surface area contributed by atoms with Gasteiger partial charge < -0.3 is 5.32 Å². The van der Waals surface area contributed by atoms with Gasteiger partial charge in [0.2, 0.25) is 5.91 Å². The largest absolute Gasteiger partial charge is 0.356 e. The molecule has 2 aromatic rings. The molecule has 0 aromatic carbocycles. The second-order valence-corrected chi connectivity index (χ2v) is 6.37. The smallest absolute Gasteiger partial charge is 0.226 e. The van der Waals surface area contributed by atoms with Crippen molar-refractivity contribution in [3.63, 3.8) is 0 Å². The van der Waals surface area contributed by atoms with E-state index in [9.17, 15) is 4.79 Å². The van der Waals surface area contributed by atoms with Crippen molar-refractivity contribution in [3.05, 3.63) is 46.2 Å². The molecule has 0 aliphatic heterocycles. The lowest BCUT2D eigenvalue weighted by molar-refractivity contribution is -0.120. The van der Waals surface area contributed by atoms with Gasteiger partial charge in [0.05, 0.1) is 17.1 Å². The number of nitrogens with one attached hydrogen (secondary N) is 1. The molecule has 4 nitrogen and oxygen atoms in total. The first-order chi connectivity index (χ1) is 10.1. The van der Waals surface area contributed by atoms with Crippen molar-refractivity contribution in [3.8, 4) is 0 Å². The van der Waals surface area contributed by atoms with Crippen molar-refractivity contribution in [1.29, 1.82) is 0 Å². The molecule has 21 heavy (non-hydrogen) atoms. The van der Waals surface area contributed by atoms with Gasteiger partial charge in [0, 0.05) is 30.2 Å². The van der Waals surface area contributed by atoms with Gasteiger partial charge in [-0.1, -0.05) is 19.9 Å². The predicted molar refractivity (Wildman–Crippen MR) is 85.3 cm³/mol. The van der Waals surface area contributed by atoms with Gasteiger partial charge in [-0.2, -0.15) is 0 Å². The Morgan fingerprint density at radius 1 is 1.29 bits per heavy atom. The van der Waals surface area contributed by atoms with Crippen LogP contribution in [0.2, 0.25) is 0 Å². The van der Waals surface area contributed by atoms with Gasteiger partial charge in [-0.3, -0.25) is 9.78 Å². The summed E-state index contributed by atoms with van der Waals surface area (Å²) >= 11 is 1.62. The molecule has 2 heterocycles. The standard InChI is InChI=1S/C16H21N3OS/c1-12(2)10-18-15(20)9-14-11-21-16(19-14)7-6-13-5-3-4-8-17-13/h3-5,8,11-12H,6-7,9-10H2,1-2H3,(H,18,20). The van der Waals surface area contributed by atoms with Crippen molar-refractivity contribution in [2.24, 2.45) is 5.92 Å². The Morgan fingerprint density at radius 3 is 2.86 bits per heavy atom. The minimum Gasteiger partial charge on any atom is -0.356 e. The molecule has 0 fully saturated rings. The van der Waals surface area contributed by atoms with Gasteiger partial charge in [0.1, 0.15) is 0 Å². The van der Waals surface area contributed by atoms with Crippen LogP contribution < -0.4 is 5.32 Å². The molecule has 0 radical (unpaired) electrons.